The fraction of sp³-hybridized carbons (Fsp3) is 0.192. The minimum atomic E-state index is -2.34. The molecule has 10 heteroatoms. The maximum absolute atomic E-state index is 15.2. The summed E-state index contributed by atoms with van der Waals surface area (Å²) in [4.78, 5) is 20.1. The standard InChI is InChI=1S/C26H25FN6O2S/c1-3-21(34)29-14-16-5-7-17(8-6-16)24-22(23-25(28)30-15-31-26(23)33(24)2)18-9-10-20(19(27)13-18)32-36(35)11-4-12-36/h3,5-10,13,15H,1,4,11-12,14H2,2H3,(H,29,34)(H2,28,30,31). The van der Waals surface area contributed by atoms with Crippen LogP contribution >= 0.6 is 0 Å². The number of hydrogen-bond acceptors (Lipinski definition) is 6. The van der Waals surface area contributed by atoms with Crippen LogP contribution in [-0.2, 0) is 28.1 Å². The lowest BCUT2D eigenvalue weighted by atomic mass is 9.98. The number of carbonyl (C=O) groups excluding carboxylic acids is 1. The van der Waals surface area contributed by atoms with Gasteiger partial charge in [0.25, 0.3) is 0 Å². The van der Waals surface area contributed by atoms with Gasteiger partial charge in [0.2, 0.25) is 5.91 Å². The lowest BCUT2D eigenvalue weighted by molar-refractivity contribution is -0.116. The van der Waals surface area contributed by atoms with Crippen molar-refractivity contribution >= 4 is 38.2 Å². The van der Waals surface area contributed by atoms with E-state index in [-0.39, 0.29) is 17.4 Å². The van der Waals surface area contributed by atoms with Gasteiger partial charge < -0.3 is 15.6 Å². The fourth-order valence-corrected chi connectivity index (χ4v) is 5.81. The van der Waals surface area contributed by atoms with Crippen molar-refractivity contribution in [2.24, 2.45) is 11.4 Å². The zero-order valence-corrected chi connectivity index (χ0v) is 20.5. The van der Waals surface area contributed by atoms with Crippen molar-refractivity contribution in [3.63, 3.8) is 0 Å². The van der Waals surface area contributed by atoms with Gasteiger partial charge in [-0.2, -0.15) is 4.36 Å². The van der Waals surface area contributed by atoms with Gasteiger partial charge in [0.1, 0.15) is 29.3 Å². The van der Waals surface area contributed by atoms with Crippen LogP contribution in [0.4, 0.5) is 15.9 Å². The lowest BCUT2D eigenvalue weighted by Gasteiger charge is -2.18. The van der Waals surface area contributed by atoms with Crippen LogP contribution in [0.3, 0.4) is 0 Å². The molecule has 5 rings (SSSR count). The Bertz CT molecular complexity index is 1620. The second-order valence-corrected chi connectivity index (χ2v) is 11.2. The topological polar surface area (TPSA) is 115 Å². The Hall–Kier alpha value is -4.05. The molecule has 0 saturated carbocycles. The number of aromatic nitrogens is 3. The molecule has 0 aliphatic carbocycles. The number of nitrogen functional groups attached to an aromatic ring is 1. The van der Waals surface area contributed by atoms with Gasteiger partial charge >= 0.3 is 0 Å². The number of hydrogen-bond donors (Lipinski definition) is 2. The number of carbonyl (C=O) groups is 1. The lowest BCUT2D eigenvalue weighted by Crippen LogP contribution is -2.23. The molecule has 1 aliphatic heterocycles. The summed E-state index contributed by atoms with van der Waals surface area (Å²) < 4.78 is 33.8. The Balaban J connectivity index is 1.63. The molecular weight excluding hydrogens is 479 g/mol. The molecule has 0 atom stereocenters. The molecule has 8 nitrogen and oxygen atoms in total. The number of nitrogens with two attached hydrogens (primary N) is 1. The largest absolute Gasteiger partial charge is 0.383 e. The van der Waals surface area contributed by atoms with Crippen LogP contribution in [0.5, 0.6) is 0 Å². The molecule has 2 aromatic carbocycles. The van der Waals surface area contributed by atoms with Gasteiger partial charge in [-0.3, -0.25) is 4.79 Å². The molecule has 0 spiro atoms. The van der Waals surface area contributed by atoms with Crippen molar-refractivity contribution in [3.05, 3.63) is 72.8 Å². The van der Waals surface area contributed by atoms with Crippen molar-refractivity contribution in [3.8, 4) is 22.4 Å². The normalized spacial score (nSPS) is 14.3. The summed E-state index contributed by atoms with van der Waals surface area (Å²) in [5.74, 6) is 0.495. The highest BCUT2D eigenvalue weighted by atomic mass is 32.2. The van der Waals surface area contributed by atoms with Crippen molar-refractivity contribution in [1.29, 1.82) is 0 Å². The van der Waals surface area contributed by atoms with E-state index >= 15 is 4.39 Å². The number of benzene rings is 2. The van der Waals surface area contributed by atoms with Crippen molar-refractivity contribution in [2.75, 3.05) is 17.2 Å². The first kappa shape index (κ1) is 23.7. The van der Waals surface area contributed by atoms with Gasteiger partial charge in [-0.1, -0.05) is 36.9 Å². The second kappa shape index (κ2) is 9.19. The number of anilines is 1. The van der Waals surface area contributed by atoms with E-state index in [1.165, 1.54) is 18.5 Å². The molecule has 1 amide bonds. The van der Waals surface area contributed by atoms with E-state index in [1.54, 1.807) is 12.1 Å². The third-order valence-corrected chi connectivity index (χ3v) is 8.69. The van der Waals surface area contributed by atoms with Gasteiger partial charge in [-0.05, 0) is 41.3 Å². The van der Waals surface area contributed by atoms with Crippen LogP contribution in [0.2, 0.25) is 0 Å². The van der Waals surface area contributed by atoms with E-state index in [4.69, 9.17) is 5.73 Å². The highest BCUT2D eigenvalue weighted by Gasteiger charge is 2.24. The predicted molar refractivity (Wildman–Crippen MR) is 140 cm³/mol. The van der Waals surface area contributed by atoms with Crippen LogP contribution < -0.4 is 11.1 Å². The Morgan fingerprint density at radius 3 is 2.58 bits per heavy atom. The van der Waals surface area contributed by atoms with E-state index in [9.17, 15) is 9.00 Å². The smallest absolute Gasteiger partial charge is 0.243 e. The highest BCUT2D eigenvalue weighted by Crippen LogP contribution is 2.42. The first-order valence-corrected chi connectivity index (χ1v) is 13.3. The molecule has 0 radical (unpaired) electrons. The first-order valence-electron chi connectivity index (χ1n) is 11.4. The van der Waals surface area contributed by atoms with Crippen LogP contribution in [-0.4, -0.2) is 36.2 Å². The number of fused-ring (bicyclic) bond motifs is 1. The molecule has 184 valence electrons. The monoisotopic (exact) mass is 504 g/mol. The number of rotatable bonds is 6. The molecule has 3 N–H and O–H groups in total. The zero-order valence-electron chi connectivity index (χ0n) is 19.7. The molecule has 1 saturated heterocycles. The van der Waals surface area contributed by atoms with E-state index < -0.39 is 15.5 Å². The average molecular weight is 505 g/mol. The minimum Gasteiger partial charge on any atom is -0.383 e. The van der Waals surface area contributed by atoms with Crippen LogP contribution in [0, 0.1) is 5.82 Å². The number of halogens is 1. The number of aryl methyl sites for hydroxylation is 1. The van der Waals surface area contributed by atoms with E-state index in [0.29, 0.717) is 40.2 Å². The molecule has 1 fully saturated rings. The molecule has 3 heterocycles. The van der Waals surface area contributed by atoms with Gasteiger partial charge in [-0.15, -0.1) is 0 Å². The zero-order chi connectivity index (χ0) is 25.4. The fourth-order valence-electron chi connectivity index (χ4n) is 4.33. The van der Waals surface area contributed by atoms with Crippen molar-refractivity contribution < 1.29 is 13.4 Å². The third-order valence-electron chi connectivity index (χ3n) is 6.30. The van der Waals surface area contributed by atoms with E-state index in [1.807, 2.05) is 35.9 Å². The van der Waals surface area contributed by atoms with Gasteiger partial charge in [-0.25, -0.2) is 18.6 Å². The first-order chi connectivity index (χ1) is 17.3. The quantitative estimate of drug-likeness (QED) is 0.379. The molecule has 0 bridgehead atoms. The highest BCUT2D eigenvalue weighted by molar-refractivity contribution is 7.95. The number of nitrogens with zero attached hydrogens (tertiary/aromatic N) is 4. The van der Waals surface area contributed by atoms with Crippen LogP contribution in [0.15, 0.2) is 65.8 Å². The molecule has 4 aromatic rings. The number of nitrogens with one attached hydrogen (secondary N) is 1. The van der Waals surface area contributed by atoms with E-state index in [2.05, 4.69) is 26.2 Å². The van der Waals surface area contributed by atoms with Gasteiger partial charge in [0, 0.05) is 30.7 Å². The third kappa shape index (κ3) is 4.24. The van der Waals surface area contributed by atoms with Crippen LogP contribution in [0.25, 0.3) is 33.4 Å². The second-order valence-electron chi connectivity index (χ2n) is 8.65. The summed E-state index contributed by atoms with van der Waals surface area (Å²) in [5.41, 5.74) is 10.8. The summed E-state index contributed by atoms with van der Waals surface area (Å²) in [6, 6.07) is 12.4. The summed E-state index contributed by atoms with van der Waals surface area (Å²) in [5, 5.41) is 3.37. The summed E-state index contributed by atoms with van der Waals surface area (Å²) in [7, 11) is -0.469. The summed E-state index contributed by atoms with van der Waals surface area (Å²) in [6.45, 7) is 3.82. The SMILES string of the molecule is C=CC(=O)NCc1ccc(-c2c(-c3ccc(N=S4(=O)CCC4)c(F)c3)c3c(N)ncnc3n2C)cc1. The Morgan fingerprint density at radius 2 is 1.94 bits per heavy atom. The maximum Gasteiger partial charge on any atom is 0.243 e. The van der Waals surface area contributed by atoms with Gasteiger partial charge in [0.15, 0.2) is 0 Å². The number of amides is 1. The van der Waals surface area contributed by atoms with Gasteiger partial charge in [0.05, 0.1) is 20.8 Å². The minimum absolute atomic E-state index is 0.0976. The van der Waals surface area contributed by atoms with Crippen molar-refractivity contribution in [2.45, 2.75) is 13.0 Å². The van der Waals surface area contributed by atoms with E-state index in [0.717, 1.165) is 23.2 Å². The Morgan fingerprint density at radius 1 is 1.22 bits per heavy atom. The molecule has 36 heavy (non-hydrogen) atoms. The molecule has 1 aliphatic rings. The Labute approximate surface area is 208 Å². The average Bonchev–Trinajstić information content (AvgIpc) is 3.16. The summed E-state index contributed by atoms with van der Waals surface area (Å²) in [6.07, 6.45) is 3.47. The molecule has 2 aromatic heterocycles. The molecule has 0 unspecified atom stereocenters. The molecular formula is C26H25FN6O2S. The van der Waals surface area contributed by atoms with Crippen molar-refractivity contribution in [1.82, 2.24) is 19.9 Å². The summed E-state index contributed by atoms with van der Waals surface area (Å²) >= 11 is 0. The predicted octanol–water partition coefficient (Wildman–Crippen LogP) is 4.33. The van der Waals surface area contributed by atoms with Crippen LogP contribution in [0.1, 0.15) is 12.0 Å². The maximum atomic E-state index is 15.2. The Kier molecular flexibility index (Phi) is 6.05.